The number of rotatable bonds is 3. The molecule has 0 bridgehead atoms. The zero-order valence-corrected chi connectivity index (χ0v) is 10.7. The highest BCUT2D eigenvalue weighted by Gasteiger charge is 2.14. The van der Waals surface area contributed by atoms with Gasteiger partial charge < -0.3 is 14.3 Å². The molecule has 0 atom stereocenters. The third-order valence-corrected chi connectivity index (χ3v) is 2.97. The molecule has 0 saturated heterocycles. The number of carboxylic acids is 1. The van der Waals surface area contributed by atoms with Crippen LogP contribution in [0, 0.1) is 0 Å². The minimum absolute atomic E-state index is 0.178. The largest absolute Gasteiger partial charge is 0.496 e. The first-order valence-electron chi connectivity index (χ1n) is 5.96. The highest BCUT2D eigenvalue weighted by molar-refractivity contribution is 5.92. The average molecular weight is 269 g/mol. The number of ether oxygens (including phenoxy) is 1. The zero-order valence-electron chi connectivity index (χ0n) is 10.7. The molecule has 1 N–H and O–H groups in total. The molecule has 0 fully saturated rings. The molecule has 2 aromatic carbocycles. The molecule has 20 heavy (non-hydrogen) atoms. The van der Waals surface area contributed by atoms with Crippen LogP contribution in [0.3, 0.4) is 0 Å². The lowest BCUT2D eigenvalue weighted by atomic mass is 10.2. The third-order valence-electron chi connectivity index (χ3n) is 2.97. The Morgan fingerprint density at radius 1 is 1.25 bits per heavy atom. The monoisotopic (exact) mass is 269 g/mol. The molecule has 5 nitrogen and oxygen atoms in total. The van der Waals surface area contributed by atoms with E-state index >= 15 is 0 Å². The van der Waals surface area contributed by atoms with E-state index in [9.17, 15) is 4.79 Å². The molecule has 0 aliphatic carbocycles. The molecule has 0 unspecified atom stereocenters. The molecule has 0 spiro atoms. The second-order valence-corrected chi connectivity index (χ2v) is 4.21. The van der Waals surface area contributed by atoms with Gasteiger partial charge in [-0.05, 0) is 30.3 Å². The predicted molar refractivity (Wildman–Crippen MR) is 73.0 cm³/mol. The minimum atomic E-state index is -0.992. The summed E-state index contributed by atoms with van der Waals surface area (Å²) in [4.78, 5) is 15.3. The standard InChI is InChI=1S/C15H11NO4/c1-19-12-5-3-2-4-10(12)14-16-11-8-9(15(17)18)6-7-13(11)20-14/h2-8H,1H3,(H,17,18). The van der Waals surface area contributed by atoms with Crippen molar-refractivity contribution >= 4 is 17.1 Å². The Hall–Kier alpha value is -2.82. The number of methoxy groups -OCH3 is 1. The maximum absolute atomic E-state index is 10.9. The van der Waals surface area contributed by atoms with Gasteiger partial charge in [0.1, 0.15) is 11.3 Å². The Morgan fingerprint density at radius 2 is 2.05 bits per heavy atom. The topological polar surface area (TPSA) is 72.6 Å². The van der Waals surface area contributed by atoms with Crippen molar-refractivity contribution in [2.24, 2.45) is 0 Å². The van der Waals surface area contributed by atoms with Crippen LogP contribution in [-0.2, 0) is 0 Å². The Balaban J connectivity index is 2.15. The van der Waals surface area contributed by atoms with E-state index in [1.165, 1.54) is 12.1 Å². The Kier molecular flexibility index (Phi) is 2.87. The molecule has 100 valence electrons. The van der Waals surface area contributed by atoms with Crippen molar-refractivity contribution in [2.75, 3.05) is 7.11 Å². The fraction of sp³-hybridized carbons (Fsp3) is 0.0667. The summed E-state index contributed by atoms with van der Waals surface area (Å²) in [5.41, 5.74) is 1.95. The fourth-order valence-electron chi connectivity index (χ4n) is 2.00. The minimum Gasteiger partial charge on any atom is -0.496 e. The van der Waals surface area contributed by atoms with Crippen molar-refractivity contribution in [1.82, 2.24) is 4.98 Å². The summed E-state index contributed by atoms with van der Waals surface area (Å²) in [6.07, 6.45) is 0. The number of oxazole rings is 1. The van der Waals surface area contributed by atoms with E-state index in [2.05, 4.69) is 4.98 Å². The highest BCUT2D eigenvalue weighted by Crippen LogP contribution is 2.31. The van der Waals surface area contributed by atoms with Gasteiger partial charge in [0.05, 0.1) is 18.2 Å². The van der Waals surface area contributed by atoms with Crippen molar-refractivity contribution in [1.29, 1.82) is 0 Å². The maximum atomic E-state index is 10.9. The fourth-order valence-corrected chi connectivity index (χ4v) is 2.00. The van der Waals surface area contributed by atoms with Crippen LogP contribution in [0.4, 0.5) is 0 Å². The Bertz CT molecular complexity index is 791. The van der Waals surface area contributed by atoms with Gasteiger partial charge >= 0.3 is 5.97 Å². The summed E-state index contributed by atoms with van der Waals surface area (Å²) >= 11 is 0. The smallest absolute Gasteiger partial charge is 0.335 e. The molecular weight excluding hydrogens is 258 g/mol. The van der Waals surface area contributed by atoms with Crippen LogP contribution >= 0.6 is 0 Å². The molecule has 1 aromatic heterocycles. The number of benzene rings is 2. The second-order valence-electron chi connectivity index (χ2n) is 4.21. The summed E-state index contributed by atoms with van der Waals surface area (Å²) in [7, 11) is 1.57. The predicted octanol–water partition coefficient (Wildman–Crippen LogP) is 3.20. The Morgan fingerprint density at radius 3 is 2.80 bits per heavy atom. The van der Waals surface area contributed by atoms with Crippen molar-refractivity contribution in [3.8, 4) is 17.2 Å². The van der Waals surface area contributed by atoms with E-state index in [1.807, 2.05) is 24.3 Å². The number of hydrogen-bond acceptors (Lipinski definition) is 4. The first kappa shape index (κ1) is 12.2. The Labute approximate surface area is 114 Å². The van der Waals surface area contributed by atoms with Crippen LogP contribution in [0.15, 0.2) is 46.9 Å². The third kappa shape index (κ3) is 1.99. The van der Waals surface area contributed by atoms with Crippen molar-refractivity contribution in [2.45, 2.75) is 0 Å². The van der Waals surface area contributed by atoms with Crippen LogP contribution in [0.5, 0.6) is 5.75 Å². The van der Waals surface area contributed by atoms with Crippen LogP contribution in [-0.4, -0.2) is 23.2 Å². The van der Waals surface area contributed by atoms with Gasteiger partial charge in [0.15, 0.2) is 5.58 Å². The van der Waals surface area contributed by atoms with Gasteiger partial charge in [-0.1, -0.05) is 12.1 Å². The van der Waals surface area contributed by atoms with Crippen LogP contribution in [0.1, 0.15) is 10.4 Å². The van der Waals surface area contributed by atoms with E-state index in [0.29, 0.717) is 22.7 Å². The molecular formula is C15H11NO4. The lowest BCUT2D eigenvalue weighted by Gasteiger charge is -2.03. The molecule has 0 amide bonds. The van der Waals surface area contributed by atoms with E-state index in [1.54, 1.807) is 13.2 Å². The van der Waals surface area contributed by atoms with Crippen LogP contribution < -0.4 is 4.74 Å². The van der Waals surface area contributed by atoms with Gasteiger partial charge in [-0.15, -0.1) is 0 Å². The number of carbonyl (C=O) groups is 1. The molecule has 3 aromatic rings. The van der Waals surface area contributed by atoms with Crippen LogP contribution in [0.2, 0.25) is 0 Å². The molecule has 0 saturated carbocycles. The average Bonchev–Trinajstić information content (AvgIpc) is 2.89. The van der Waals surface area contributed by atoms with Gasteiger partial charge in [0, 0.05) is 0 Å². The second kappa shape index (κ2) is 4.70. The van der Waals surface area contributed by atoms with Gasteiger partial charge in [-0.3, -0.25) is 0 Å². The molecule has 0 aliphatic rings. The van der Waals surface area contributed by atoms with E-state index < -0.39 is 5.97 Å². The lowest BCUT2D eigenvalue weighted by Crippen LogP contribution is -1.94. The van der Waals surface area contributed by atoms with Gasteiger partial charge in [-0.25, -0.2) is 9.78 Å². The number of fused-ring (bicyclic) bond motifs is 1. The van der Waals surface area contributed by atoms with Crippen molar-refractivity contribution in [3.63, 3.8) is 0 Å². The summed E-state index contributed by atoms with van der Waals surface area (Å²) in [5.74, 6) is 0.0613. The number of aromatic carboxylic acids is 1. The van der Waals surface area contributed by atoms with Gasteiger partial charge in [-0.2, -0.15) is 0 Å². The number of para-hydroxylation sites is 1. The van der Waals surface area contributed by atoms with E-state index in [0.717, 1.165) is 5.56 Å². The first-order chi connectivity index (χ1) is 9.69. The SMILES string of the molecule is COc1ccccc1-c1nc2cc(C(=O)O)ccc2o1. The molecule has 3 rings (SSSR count). The van der Waals surface area contributed by atoms with Crippen LogP contribution in [0.25, 0.3) is 22.6 Å². The quantitative estimate of drug-likeness (QED) is 0.790. The van der Waals surface area contributed by atoms with Gasteiger partial charge in [0.2, 0.25) is 5.89 Å². The zero-order chi connectivity index (χ0) is 14.1. The summed E-state index contributed by atoms with van der Waals surface area (Å²) in [6, 6.07) is 11.9. The first-order valence-corrected chi connectivity index (χ1v) is 5.96. The summed E-state index contributed by atoms with van der Waals surface area (Å²) < 4.78 is 10.9. The highest BCUT2D eigenvalue weighted by atomic mass is 16.5. The molecule has 5 heteroatoms. The number of hydrogen-bond donors (Lipinski definition) is 1. The molecule has 1 heterocycles. The molecule has 0 aliphatic heterocycles. The lowest BCUT2D eigenvalue weighted by molar-refractivity contribution is 0.0697. The normalized spacial score (nSPS) is 10.7. The summed E-state index contributed by atoms with van der Waals surface area (Å²) in [6.45, 7) is 0. The van der Waals surface area contributed by atoms with Gasteiger partial charge in [0.25, 0.3) is 0 Å². The number of carboxylic acid groups (broad SMARTS) is 1. The number of nitrogens with zero attached hydrogens (tertiary/aromatic N) is 1. The molecule has 0 radical (unpaired) electrons. The van der Waals surface area contributed by atoms with E-state index in [4.69, 9.17) is 14.3 Å². The van der Waals surface area contributed by atoms with Crippen molar-refractivity contribution in [3.05, 3.63) is 48.0 Å². The van der Waals surface area contributed by atoms with Crippen molar-refractivity contribution < 1.29 is 19.1 Å². The number of aromatic nitrogens is 1. The van der Waals surface area contributed by atoms with E-state index in [-0.39, 0.29) is 5.56 Å². The summed E-state index contributed by atoms with van der Waals surface area (Å²) in [5, 5.41) is 8.97. The maximum Gasteiger partial charge on any atom is 0.335 e.